The van der Waals surface area contributed by atoms with Gasteiger partial charge in [-0.3, -0.25) is 9.59 Å². The lowest BCUT2D eigenvalue weighted by Gasteiger charge is -2.14. The Kier molecular flexibility index (Phi) is 4.67. The molecule has 0 saturated heterocycles. The first-order chi connectivity index (χ1) is 12.1. The second kappa shape index (κ2) is 6.65. The smallest absolute Gasteiger partial charge is 0.395 e. The Morgan fingerprint density at radius 3 is 2.62 bits per heavy atom. The molecule has 8 nitrogen and oxygen atoms in total. The van der Waals surface area contributed by atoms with Crippen LogP contribution in [-0.2, 0) is 9.59 Å². The van der Waals surface area contributed by atoms with E-state index in [-0.39, 0.29) is 29.1 Å². The molecule has 26 heavy (non-hydrogen) atoms. The molecule has 1 aliphatic heterocycles. The van der Waals surface area contributed by atoms with Gasteiger partial charge in [0, 0.05) is 12.1 Å². The number of halogens is 2. The Morgan fingerprint density at radius 2 is 1.96 bits per heavy atom. The highest BCUT2D eigenvalue weighted by Crippen LogP contribution is 2.44. The summed E-state index contributed by atoms with van der Waals surface area (Å²) in [5.41, 5.74) is 6.06. The van der Waals surface area contributed by atoms with E-state index in [0.29, 0.717) is 10.2 Å². The van der Waals surface area contributed by atoms with Crippen molar-refractivity contribution in [1.29, 1.82) is 0 Å². The number of nitrogens with zero attached hydrogens (tertiary/aromatic N) is 1. The lowest BCUT2D eigenvalue weighted by Crippen LogP contribution is -2.46. The fraction of sp³-hybridized carbons (Fsp3) is 0.400. The van der Waals surface area contributed by atoms with Crippen LogP contribution < -0.4 is 25.8 Å². The minimum Gasteiger partial charge on any atom is -0.395 e. The number of hydrogen-bond donors (Lipinski definition) is 3. The number of nitrogens with two attached hydrogens (primary N) is 1. The number of hydrogen-bond acceptors (Lipinski definition) is 7. The van der Waals surface area contributed by atoms with Gasteiger partial charge in [-0.15, -0.1) is 8.78 Å². The van der Waals surface area contributed by atoms with Gasteiger partial charge in [-0.1, -0.05) is 25.2 Å². The molecule has 3 rings (SSSR count). The topological polar surface area (TPSA) is 116 Å². The molecule has 0 bridgehead atoms. The number of nitrogens with one attached hydrogen (secondary N) is 2. The van der Waals surface area contributed by atoms with E-state index in [1.165, 1.54) is 12.1 Å². The van der Waals surface area contributed by atoms with Crippen LogP contribution in [0.1, 0.15) is 13.8 Å². The number of rotatable bonds is 5. The summed E-state index contributed by atoms with van der Waals surface area (Å²) in [4.78, 5) is 27.8. The van der Waals surface area contributed by atoms with Crippen molar-refractivity contribution < 1.29 is 27.8 Å². The van der Waals surface area contributed by atoms with Gasteiger partial charge in [-0.2, -0.15) is 0 Å². The van der Waals surface area contributed by atoms with Crippen LogP contribution in [0.25, 0.3) is 10.2 Å². The summed E-state index contributed by atoms with van der Waals surface area (Å²) in [5.74, 6) is -1.19. The predicted octanol–water partition coefficient (Wildman–Crippen LogP) is 1.66. The van der Waals surface area contributed by atoms with E-state index in [9.17, 15) is 18.4 Å². The molecule has 0 saturated carbocycles. The van der Waals surface area contributed by atoms with Gasteiger partial charge in [-0.05, 0) is 5.92 Å². The Labute approximate surface area is 150 Å². The molecule has 140 valence electrons. The molecule has 11 heteroatoms. The molecule has 0 fully saturated rings. The number of benzene rings is 1. The summed E-state index contributed by atoms with van der Waals surface area (Å²) in [6.45, 7) is 3.34. The first-order valence-corrected chi connectivity index (χ1v) is 8.50. The molecule has 1 aliphatic rings. The zero-order valence-electron chi connectivity index (χ0n) is 13.8. The molecule has 0 radical (unpaired) electrons. The Morgan fingerprint density at radius 1 is 1.31 bits per heavy atom. The largest absolute Gasteiger partial charge is 0.586 e. The number of fused-ring (bicyclic) bond motifs is 2. The zero-order valence-corrected chi connectivity index (χ0v) is 14.7. The number of carbonyl (C=O) groups is 2. The molecule has 1 atom stereocenters. The van der Waals surface area contributed by atoms with E-state index < -0.39 is 24.2 Å². The molecule has 2 amide bonds. The third-order valence-electron chi connectivity index (χ3n) is 3.60. The number of thiazole rings is 1. The van der Waals surface area contributed by atoms with Gasteiger partial charge in [0.15, 0.2) is 16.6 Å². The molecule has 0 unspecified atom stereocenters. The van der Waals surface area contributed by atoms with Gasteiger partial charge < -0.3 is 25.8 Å². The quantitative estimate of drug-likeness (QED) is 0.720. The van der Waals surface area contributed by atoms with Gasteiger partial charge >= 0.3 is 6.29 Å². The van der Waals surface area contributed by atoms with E-state index in [0.717, 1.165) is 11.3 Å². The van der Waals surface area contributed by atoms with Gasteiger partial charge in [0.1, 0.15) is 0 Å². The molecule has 0 spiro atoms. The van der Waals surface area contributed by atoms with Crippen molar-refractivity contribution in [3.8, 4) is 11.5 Å². The Hall–Kier alpha value is -2.53. The molecule has 0 aliphatic carbocycles. The highest BCUT2D eigenvalue weighted by atomic mass is 32.1. The number of aromatic nitrogens is 1. The minimum atomic E-state index is -3.70. The number of carbonyl (C=O) groups excluding carboxylic acids is 2. The summed E-state index contributed by atoms with van der Waals surface area (Å²) >= 11 is 1.08. The molecule has 2 aromatic rings. The highest BCUT2D eigenvalue weighted by Gasteiger charge is 2.43. The number of ether oxygens (including phenoxy) is 2. The molecule has 4 N–H and O–H groups in total. The first-order valence-electron chi connectivity index (χ1n) is 7.68. The molecule has 1 aromatic carbocycles. The fourth-order valence-corrected chi connectivity index (χ4v) is 3.07. The van der Waals surface area contributed by atoms with E-state index in [4.69, 9.17) is 5.73 Å². The maximum absolute atomic E-state index is 13.0. The van der Waals surface area contributed by atoms with Gasteiger partial charge in [-0.25, -0.2) is 4.98 Å². The normalized spacial score (nSPS) is 15.9. The number of anilines is 1. The van der Waals surface area contributed by atoms with E-state index in [1.807, 2.05) is 0 Å². The van der Waals surface area contributed by atoms with Crippen molar-refractivity contribution in [3.05, 3.63) is 12.1 Å². The standard InChI is InChI=1S/C15H16F2N4O4S/c1-6(2)12(18)13(23)19-5-11(22)21-14-20-7-3-8-9(4-10(7)26-14)25-15(16,17)24-8/h3-4,6,12H,5,18H2,1-2H3,(H,19,23)(H,20,21,22)/t12-/m0/s1. The summed E-state index contributed by atoms with van der Waals surface area (Å²) in [6.07, 6.45) is -3.70. The van der Waals surface area contributed by atoms with E-state index in [1.54, 1.807) is 13.8 Å². The average molecular weight is 386 g/mol. The van der Waals surface area contributed by atoms with Crippen LogP contribution in [0.4, 0.5) is 13.9 Å². The predicted molar refractivity (Wildman–Crippen MR) is 90.3 cm³/mol. The molecular formula is C15H16F2N4O4S. The Bertz CT molecular complexity index is 826. The van der Waals surface area contributed by atoms with Crippen molar-refractivity contribution in [3.63, 3.8) is 0 Å². The van der Waals surface area contributed by atoms with Crippen molar-refractivity contribution in [2.24, 2.45) is 11.7 Å². The van der Waals surface area contributed by atoms with E-state index in [2.05, 4.69) is 25.1 Å². The number of amides is 2. The SMILES string of the molecule is CC(C)[C@H](N)C(=O)NCC(=O)Nc1nc2cc3c(cc2s1)OC(F)(F)O3. The summed E-state index contributed by atoms with van der Waals surface area (Å²) in [5, 5.41) is 5.22. The van der Waals surface area contributed by atoms with E-state index >= 15 is 0 Å². The maximum Gasteiger partial charge on any atom is 0.586 e. The Balaban J connectivity index is 1.63. The lowest BCUT2D eigenvalue weighted by atomic mass is 10.1. The van der Waals surface area contributed by atoms with Crippen LogP contribution in [-0.4, -0.2) is 35.7 Å². The van der Waals surface area contributed by atoms with Gasteiger partial charge in [0.2, 0.25) is 11.8 Å². The summed E-state index contributed by atoms with van der Waals surface area (Å²) < 4.78 is 35.4. The molecule has 2 heterocycles. The molecule has 1 aromatic heterocycles. The number of alkyl halides is 2. The minimum absolute atomic E-state index is 0.0545. The van der Waals surface area contributed by atoms with Crippen LogP contribution >= 0.6 is 11.3 Å². The van der Waals surface area contributed by atoms with Crippen LogP contribution in [0.2, 0.25) is 0 Å². The lowest BCUT2D eigenvalue weighted by molar-refractivity contribution is -0.286. The summed E-state index contributed by atoms with van der Waals surface area (Å²) in [6, 6.07) is 1.97. The van der Waals surface area contributed by atoms with Gasteiger partial charge in [0.05, 0.1) is 22.8 Å². The first kappa shape index (κ1) is 18.3. The van der Waals surface area contributed by atoms with Crippen molar-refractivity contribution in [2.75, 3.05) is 11.9 Å². The third kappa shape index (κ3) is 3.83. The van der Waals surface area contributed by atoms with Crippen molar-refractivity contribution in [1.82, 2.24) is 10.3 Å². The summed E-state index contributed by atoms with van der Waals surface area (Å²) in [7, 11) is 0. The zero-order chi connectivity index (χ0) is 19.1. The fourth-order valence-electron chi connectivity index (χ4n) is 2.18. The van der Waals surface area contributed by atoms with Crippen molar-refractivity contribution in [2.45, 2.75) is 26.2 Å². The molecular weight excluding hydrogens is 370 g/mol. The monoisotopic (exact) mass is 386 g/mol. The van der Waals surface area contributed by atoms with Crippen LogP contribution in [0.5, 0.6) is 11.5 Å². The van der Waals surface area contributed by atoms with Crippen LogP contribution in [0.15, 0.2) is 12.1 Å². The van der Waals surface area contributed by atoms with Crippen LogP contribution in [0.3, 0.4) is 0 Å². The maximum atomic E-state index is 13.0. The second-order valence-electron chi connectivity index (χ2n) is 5.99. The van der Waals surface area contributed by atoms with Crippen LogP contribution in [0, 0.1) is 5.92 Å². The second-order valence-corrected chi connectivity index (χ2v) is 7.02. The van der Waals surface area contributed by atoms with Crippen molar-refractivity contribution >= 4 is 38.5 Å². The van der Waals surface area contributed by atoms with Gasteiger partial charge in [0.25, 0.3) is 0 Å². The average Bonchev–Trinajstić information content (AvgIpc) is 3.05. The highest BCUT2D eigenvalue weighted by molar-refractivity contribution is 7.22. The third-order valence-corrected chi connectivity index (χ3v) is 4.54.